The van der Waals surface area contributed by atoms with Crippen molar-refractivity contribution in [2.45, 2.75) is 72.0 Å². The lowest BCUT2D eigenvalue weighted by atomic mass is 11.5. The Bertz CT molecular complexity index is 323. The first-order valence-electron chi connectivity index (χ1n) is 7.29. The van der Waals surface area contributed by atoms with E-state index >= 15 is 0 Å². The van der Waals surface area contributed by atoms with Crippen molar-refractivity contribution in [1.82, 2.24) is 4.23 Å². The third kappa shape index (κ3) is 6.06. The fourth-order valence-electron chi connectivity index (χ4n) is 2.85. The van der Waals surface area contributed by atoms with Crippen LogP contribution < -0.4 is 0 Å². The number of nitrogens with one attached hydrogen (secondary N) is 1. The van der Waals surface area contributed by atoms with Crippen molar-refractivity contribution in [3.63, 3.8) is 0 Å². The van der Waals surface area contributed by atoms with Gasteiger partial charge in [0.15, 0.2) is 0 Å². The van der Waals surface area contributed by atoms with Crippen LogP contribution >= 0.6 is 6.81 Å². The van der Waals surface area contributed by atoms with Crippen molar-refractivity contribution in [3.05, 3.63) is 0 Å². The molecule has 0 radical (unpaired) electrons. The van der Waals surface area contributed by atoms with Gasteiger partial charge in [-0.05, 0) is 32.7 Å². The van der Waals surface area contributed by atoms with Crippen LogP contribution in [0.25, 0.3) is 0 Å². The molecule has 0 rings (SSSR count). The van der Waals surface area contributed by atoms with Crippen molar-refractivity contribution in [3.8, 4) is 0 Å². The van der Waals surface area contributed by atoms with Gasteiger partial charge in [0.1, 0.15) is 16.5 Å². The summed E-state index contributed by atoms with van der Waals surface area (Å²) < 4.78 is 2.91. The van der Waals surface area contributed by atoms with Crippen LogP contribution in [-0.2, 0) is 0 Å². The first-order chi connectivity index (χ1) is 7.99. The van der Waals surface area contributed by atoms with Crippen molar-refractivity contribution in [2.75, 3.05) is 6.17 Å². The third-order valence-electron chi connectivity index (χ3n) is 3.44. The fourth-order valence-corrected chi connectivity index (χ4v) is 43.9. The van der Waals surface area contributed by atoms with E-state index in [1.807, 2.05) is 0 Å². The van der Waals surface area contributed by atoms with Crippen molar-refractivity contribution < 1.29 is 0 Å². The second kappa shape index (κ2) is 5.97. The first kappa shape index (κ1) is 19.9. The molecule has 0 spiro atoms. The van der Waals surface area contributed by atoms with Crippen LogP contribution in [0.1, 0.15) is 0 Å². The Morgan fingerprint density at radius 1 is 0.737 bits per heavy atom. The highest BCUT2D eigenvalue weighted by atomic mass is 31.6. The summed E-state index contributed by atoms with van der Waals surface area (Å²) in [5.41, 5.74) is 0. The van der Waals surface area contributed by atoms with E-state index in [4.69, 9.17) is 5.16 Å². The molecule has 0 amide bonds. The highest BCUT2D eigenvalue weighted by molar-refractivity contribution is 8.11. The standard InChI is InChI=1S/C12H36N2PSi4/c1-16(2,3)14(17(4,5)6)12-19(10,11)15(13)18(7,8)9/h13H,12H2,1-11H3/q+1. The van der Waals surface area contributed by atoms with Gasteiger partial charge < -0.3 is 4.23 Å². The van der Waals surface area contributed by atoms with Crippen molar-refractivity contribution in [1.29, 1.82) is 5.16 Å². The highest BCUT2D eigenvalue weighted by Crippen LogP contribution is 2.46. The molecular formula is C12H36N2PSi4+. The molecule has 1 unspecified atom stereocenters. The Hall–Kier alpha value is 0.928. The summed E-state index contributed by atoms with van der Waals surface area (Å²) in [6, 6.07) is 0. The summed E-state index contributed by atoms with van der Waals surface area (Å²) in [6.07, 6.45) is 1.28. The molecule has 0 fully saturated rings. The number of nitrogens with zero attached hydrogens (tertiary/aromatic N) is 1. The smallest absolute Gasteiger partial charge is 0.301 e. The lowest BCUT2D eigenvalue weighted by Crippen LogP contribution is -2.63. The minimum atomic E-state index is -1.44. The summed E-state index contributed by atoms with van der Waals surface area (Å²) in [7, 11) is -5.25. The van der Waals surface area contributed by atoms with Gasteiger partial charge in [-0.25, -0.2) is 0 Å². The van der Waals surface area contributed by atoms with Gasteiger partial charge in [0.05, 0.1) is 6.81 Å². The van der Waals surface area contributed by atoms with Crippen LogP contribution in [0.2, 0.25) is 72.0 Å². The molecule has 19 heavy (non-hydrogen) atoms. The molecule has 0 aromatic rings. The molecule has 2 nitrogen and oxygen atoms in total. The summed E-state index contributed by atoms with van der Waals surface area (Å²) in [6.45, 7) is 26.6. The fraction of sp³-hybridized carbons (Fsp3) is 1.00. The van der Waals surface area contributed by atoms with E-state index in [-0.39, 0.29) is 0 Å². The van der Waals surface area contributed by atoms with Gasteiger partial charge >= 0.3 is 7.74 Å². The van der Waals surface area contributed by atoms with Gasteiger partial charge in [-0.2, -0.15) is 5.16 Å². The molecule has 0 heterocycles. The molecule has 114 valence electrons. The van der Waals surface area contributed by atoms with E-state index in [0.29, 0.717) is 0 Å². The van der Waals surface area contributed by atoms with Crippen molar-refractivity contribution in [2.24, 2.45) is 0 Å². The molecule has 0 aliphatic heterocycles. The Labute approximate surface area is 126 Å². The van der Waals surface area contributed by atoms with E-state index in [1.165, 1.54) is 6.17 Å². The molecule has 7 heteroatoms. The van der Waals surface area contributed by atoms with E-state index in [9.17, 15) is 0 Å². The zero-order valence-corrected chi connectivity index (χ0v) is 20.0. The molecule has 0 saturated carbocycles. The second-order valence-corrected chi connectivity index (χ2v) is 40.1. The maximum atomic E-state index is 8.82. The Morgan fingerprint density at radius 2 is 1.05 bits per heavy atom. The number of hydrogen-bond donors (Lipinski definition) is 1. The molecule has 1 N–H and O–H groups in total. The molecule has 0 bridgehead atoms. The van der Waals surface area contributed by atoms with E-state index in [0.717, 1.165) is 0 Å². The molecule has 0 saturated heterocycles. The average Bonchev–Trinajstić information content (AvgIpc) is 2.08. The molecule has 0 aliphatic carbocycles. The van der Waals surface area contributed by atoms with Crippen LogP contribution in [0.3, 0.4) is 0 Å². The predicted octanol–water partition coefficient (Wildman–Crippen LogP) is 5.78. The van der Waals surface area contributed by atoms with E-state index in [1.54, 1.807) is 0 Å². The minimum absolute atomic E-state index is 0.461. The summed E-state index contributed by atoms with van der Waals surface area (Å²) >= 11 is 0. The average molecular weight is 352 g/mol. The van der Waals surface area contributed by atoms with Gasteiger partial charge in [0.25, 0.3) is 7.74 Å². The molecule has 0 aromatic carbocycles. The quantitative estimate of drug-likeness (QED) is 0.476. The van der Waals surface area contributed by atoms with Gasteiger partial charge in [-0.1, -0.05) is 39.3 Å². The summed E-state index contributed by atoms with van der Waals surface area (Å²) in [5.74, 6) is 0. The number of rotatable bonds is 6. The minimum Gasteiger partial charge on any atom is -0.345 e. The maximum Gasteiger partial charge on any atom is 0.301 e. The molecule has 0 aliphatic rings. The summed E-state index contributed by atoms with van der Waals surface area (Å²) in [4.78, 5) is 0. The van der Waals surface area contributed by atoms with Gasteiger partial charge in [0.2, 0.25) is 0 Å². The van der Waals surface area contributed by atoms with Gasteiger partial charge in [-0.15, -0.1) is 0 Å². The Balaban J connectivity index is 5.33. The second-order valence-electron chi connectivity index (χ2n) is 9.25. The topological polar surface area (TPSA) is 27.1 Å². The number of hydrogen-bond acceptors (Lipinski definition) is 2. The SMILES string of the molecule is C[Si](C)(C)N(C[Si](C)(C)[P+](=N)[Si](C)(C)C)[Si](C)(C)C. The first-order valence-corrected chi connectivity index (χ1v) is 23.9. The third-order valence-corrected chi connectivity index (χ3v) is 34.9. The van der Waals surface area contributed by atoms with E-state index < -0.39 is 38.8 Å². The highest BCUT2D eigenvalue weighted by Gasteiger charge is 2.51. The maximum absolute atomic E-state index is 8.82. The lowest BCUT2D eigenvalue weighted by molar-refractivity contribution is 0.712. The Morgan fingerprint density at radius 3 is 1.26 bits per heavy atom. The van der Waals surface area contributed by atoms with Gasteiger partial charge in [0, 0.05) is 6.17 Å². The summed E-state index contributed by atoms with van der Waals surface area (Å²) in [5, 5.41) is 8.82. The van der Waals surface area contributed by atoms with Crippen LogP contribution in [-0.4, -0.2) is 42.4 Å². The van der Waals surface area contributed by atoms with Crippen LogP contribution in [0.15, 0.2) is 0 Å². The van der Waals surface area contributed by atoms with Gasteiger partial charge in [-0.3, -0.25) is 0 Å². The normalized spacial score (nSPS) is 15.9. The van der Waals surface area contributed by atoms with Crippen molar-refractivity contribution >= 4 is 38.8 Å². The van der Waals surface area contributed by atoms with Crippen LogP contribution in [0, 0.1) is 5.16 Å². The molecular weight excluding hydrogens is 315 g/mol. The Kier molecular flexibility index (Phi) is 6.26. The molecule has 0 aromatic heterocycles. The monoisotopic (exact) mass is 351 g/mol. The zero-order chi connectivity index (χ0) is 15.9. The lowest BCUT2D eigenvalue weighted by Gasteiger charge is -2.45. The van der Waals surface area contributed by atoms with Crippen LogP contribution in [0.4, 0.5) is 0 Å². The van der Waals surface area contributed by atoms with E-state index in [2.05, 4.69) is 76.2 Å². The largest absolute Gasteiger partial charge is 0.345 e. The zero-order valence-electron chi connectivity index (χ0n) is 15.1. The predicted molar refractivity (Wildman–Crippen MR) is 104 cm³/mol. The molecule has 1 atom stereocenters. The van der Waals surface area contributed by atoms with Crippen LogP contribution in [0.5, 0.6) is 0 Å².